The van der Waals surface area contributed by atoms with Crippen LogP contribution in [0, 0.1) is 0 Å². The molecule has 29 heavy (non-hydrogen) atoms. The van der Waals surface area contributed by atoms with Gasteiger partial charge in [-0.1, -0.05) is 123 Å². The number of hydrogen-bond acceptors (Lipinski definition) is 2. The van der Waals surface area contributed by atoms with Crippen LogP contribution < -0.4 is 0 Å². The maximum atomic E-state index is 6.08. The minimum atomic E-state index is -2.12. The molecule has 2 nitrogen and oxygen atoms in total. The first-order valence-corrected chi connectivity index (χ1v) is 15.5. The first-order valence-electron chi connectivity index (χ1n) is 13.1. The van der Waals surface area contributed by atoms with E-state index >= 15 is 0 Å². The van der Waals surface area contributed by atoms with Gasteiger partial charge in [-0.2, -0.15) is 0 Å². The Morgan fingerprint density at radius 2 is 0.793 bits per heavy atom. The van der Waals surface area contributed by atoms with Crippen LogP contribution in [-0.2, 0) is 8.85 Å². The summed E-state index contributed by atoms with van der Waals surface area (Å²) in [5.74, 6) is 0. The van der Waals surface area contributed by atoms with Gasteiger partial charge >= 0.3 is 8.56 Å². The average molecular weight is 427 g/mol. The minimum Gasteiger partial charge on any atom is -0.391 e. The molecule has 1 atom stereocenters. The van der Waals surface area contributed by atoms with Crippen molar-refractivity contribution in [1.82, 2.24) is 0 Å². The first-order chi connectivity index (χ1) is 14.2. The molecule has 0 fully saturated rings. The van der Waals surface area contributed by atoms with Gasteiger partial charge < -0.3 is 8.85 Å². The molecule has 0 aromatic heterocycles. The molecule has 0 aromatic rings. The zero-order valence-electron chi connectivity index (χ0n) is 20.5. The summed E-state index contributed by atoms with van der Waals surface area (Å²) in [4.78, 5) is 0. The van der Waals surface area contributed by atoms with Crippen molar-refractivity contribution in [2.75, 3.05) is 13.2 Å². The van der Waals surface area contributed by atoms with Crippen LogP contribution in [0.15, 0.2) is 12.3 Å². The fourth-order valence-corrected chi connectivity index (χ4v) is 5.13. The van der Waals surface area contributed by atoms with Crippen molar-refractivity contribution in [2.24, 2.45) is 0 Å². The Hall–Kier alpha value is -0.123. The van der Waals surface area contributed by atoms with E-state index in [1.807, 2.05) is 5.70 Å². The molecule has 0 heterocycles. The molecule has 174 valence electrons. The zero-order chi connectivity index (χ0) is 21.5. The topological polar surface area (TPSA) is 18.5 Å². The van der Waals surface area contributed by atoms with E-state index in [0.717, 1.165) is 26.1 Å². The second-order valence-electron chi connectivity index (χ2n) is 8.93. The first kappa shape index (κ1) is 28.9. The number of rotatable bonds is 24. The Bertz CT molecular complexity index is 335. The van der Waals surface area contributed by atoms with Gasteiger partial charge in [0.25, 0.3) is 0 Å². The molecule has 0 spiro atoms. The summed E-state index contributed by atoms with van der Waals surface area (Å²) in [7, 11) is -2.12. The number of hydrogen-bond donors (Lipinski definition) is 0. The van der Waals surface area contributed by atoms with E-state index in [1.54, 1.807) is 0 Å². The third kappa shape index (κ3) is 20.9. The highest BCUT2D eigenvalue weighted by atomic mass is 28.4. The van der Waals surface area contributed by atoms with Crippen molar-refractivity contribution in [2.45, 2.75) is 142 Å². The summed E-state index contributed by atoms with van der Waals surface area (Å²) in [6.45, 7) is 12.2. The summed E-state index contributed by atoms with van der Waals surface area (Å²) in [6.07, 6.45) is 26.1. The molecule has 0 saturated heterocycles. The second kappa shape index (κ2) is 22.6. The van der Waals surface area contributed by atoms with E-state index in [9.17, 15) is 0 Å². The highest BCUT2D eigenvalue weighted by molar-refractivity contribution is 6.71. The molecule has 0 bridgehead atoms. The third-order valence-corrected chi connectivity index (χ3v) is 8.19. The van der Waals surface area contributed by atoms with Gasteiger partial charge in [0.2, 0.25) is 0 Å². The van der Waals surface area contributed by atoms with Crippen molar-refractivity contribution in [3.63, 3.8) is 0 Å². The third-order valence-electron chi connectivity index (χ3n) is 5.89. The van der Waals surface area contributed by atoms with Crippen molar-refractivity contribution in [3.05, 3.63) is 12.3 Å². The van der Waals surface area contributed by atoms with Gasteiger partial charge in [0.15, 0.2) is 0 Å². The van der Waals surface area contributed by atoms with Gasteiger partial charge in [-0.15, -0.1) is 6.58 Å². The van der Waals surface area contributed by atoms with Crippen LogP contribution in [0.5, 0.6) is 0 Å². The van der Waals surface area contributed by atoms with Gasteiger partial charge in [-0.25, -0.2) is 0 Å². The van der Waals surface area contributed by atoms with Crippen LogP contribution in [0.3, 0.4) is 0 Å². The van der Waals surface area contributed by atoms with Crippen LogP contribution in [0.25, 0.3) is 0 Å². The Morgan fingerprint density at radius 3 is 1.14 bits per heavy atom. The van der Waals surface area contributed by atoms with Gasteiger partial charge in [0.05, 0.1) is 0 Å². The molecule has 0 amide bonds. The molecule has 3 heteroatoms. The molecule has 0 aromatic carbocycles. The smallest absolute Gasteiger partial charge is 0.361 e. The highest BCUT2D eigenvalue weighted by Gasteiger charge is 2.26. The Balaban J connectivity index is 3.31. The van der Waals surface area contributed by atoms with Crippen LogP contribution in [0.2, 0.25) is 6.55 Å². The molecular formula is C26H54O2Si. The van der Waals surface area contributed by atoms with E-state index in [-0.39, 0.29) is 0 Å². The monoisotopic (exact) mass is 426 g/mol. The fraction of sp³-hybridized carbons (Fsp3) is 0.923. The highest BCUT2D eigenvalue weighted by Crippen LogP contribution is 2.15. The van der Waals surface area contributed by atoms with Gasteiger partial charge in [-0.05, 0) is 25.1 Å². The lowest BCUT2D eigenvalue weighted by Crippen LogP contribution is -2.37. The van der Waals surface area contributed by atoms with E-state index < -0.39 is 8.56 Å². The number of unbranched alkanes of at least 4 members (excludes halogenated alkanes) is 17. The lowest BCUT2D eigenvalue weighted by molar-refractivity contribution is 0.178. The summed E-state index contributed by atoms with van der Waals surface area (Å²) < 4.78 is 12.1. The summed E-state index contributed by atoms with van der Waals surface area (Å²) in [5, 5.41) is 0. The van der Waals surface area contributed by atoms with Crippen LogP contribution >= 0.6 is 0 Å². The summed E-state index contributed by atoms with van der Waals surface area (Å²) >= 11 is 0. The van der Waals surface area contributed by atoms with Crippen molar-refractivity contribution >= 4 is 8.56 Å². The van der Waals surface area contributed by atoms with Gasteiger partial charge in [0.1, 0.15) is 0 Å². The van der Waals surface area contributed by atoms with Crippen molar-refractivity contribution < 1.29 is 8.85 Å². The minimum absolute atomic E-state index is 0.821. The Labute approximate surface area is 185 Å². The van der Waals surface area contributed by atoms with Crippen LogP contribution in [0.1, 0.15) is 136 Å². The second-order valence-corrected chi connectivity index (χ2v) is 11.9. The molecule has 0 aliphatic rings. The van der Waals surface area contributed by atoms with E-state index in [0.29, 0.717) is 0 Å². The standard InChI is InChI=1S/C26H54O2Si/c1-5-8-10-11-12-13-14-15-16-17-18-19-20-21-22-24-26-28-29(4,7-3)27-25-23-9-6-2/h7H,3,5-6,8-26H2,1-2,4H3. The molecule has 0 rings (SSSR count). The predicted octanol–water partition coefficient (Wildman–Crippen LogP) is 9.27. The van der Waals surface area contributed by atoms with E-state index in [4.69, 9.17) is 8.85 Å². The fourth-order valence-electron chi connectivity index (χ4n) is 3.71. The summed E-state index contributed by atoms with van der Waals surface area (Å²) in [6, 6.07) is 0. The molecule has 0 radical (unpaired) electrons. The van der Waals surface area contributed by atoms with Crippen molar-refractivity contribution in [3.8, 4) is 0 Å². The van der Waals surface area contributed by atoms with Crippen molar-refractivity contribution in [1.29, 1.82) is 0 Å². The molecule has 0 N–H and O–H groups in total. The SMILES string of the molecule is C=C[Si](C)(OCCCCC)OCCCCCCCCCCCCCCCCCC. The van der Waals surface area contributed by atoms with E-state index in [2.05, 4.69) is 27.0 Å². The predicted molar refractivity (Wildman–Crippen MR) is 133 cm³/mol. The Morgan fingerprint density at radius 1 is 0.517 bits per heavy atom. The largest absolute Gasteiger partial charge is 0.391 e. The van der Waals surface area contributed by atoms with E-state index in [1.165, 1.54) is 109 Å². The molecule has 1 unspecified atom stereocenters. The lowest BCUT2D eigenvalue weighted by Gasteiger charge is -2.23. The molecular weight excluding hydrogens is 372 g/mol. The van der Waals surface area contributed by atoms with Crippen LogP contribution in [0.4, 0.5) is 0 Å². The maximum Gasteiger partial charge on any atom is 0.361 e. The molecule has 0 aliphatic heterocycles. The Kier molecular flexibility index (Phi) is 22.5. The summed E-state index contributed by atoms with van der Waals surface area (Å²) in [5.41, 5.74) is 1.94. The normalized spacial score (nSPS) is 13.5. The van der Waals surface area contributed by atoms with Gasteiger partial charge in [0, 0.05) is 13.2 Å². The van der Waals surface area contributed by atoms with Crippen LogP contribution in [-0.4, -0.2) is 21.8 Å². The lowest BCUT2D eigenvalue weighted by atomic mass is 10.0. The maximum absolute atomic E-state index is 6.08. The molecule has 0 aliphatic carbocycles. The quantitative estimate of drug-likeness (QED) is 0.113. The molecule has 0 saturated carbocycles. The van der Waals surface area contributed by atoms with Gasteiger partial charge in [-0.3, -0.25) is 0 Å². The zero-order valence-corrected chi connectivity index (χ0v) is 21.5. The average Bonchev–Trinajstić information content (AvgIpc) is 2.73.